The zero-order valence-corrected chi connectivity index (χ0v) is 17.8. The molecule has 28 heavy (non-hydrogen) atoms. The molecule has 0 radical (unpaired) electrons. The van der Waals surface area contributed by atoms with E-state index in [9.17, 15) is 9.59 Å². The van der Waals surface area contributed by atoms with Gasteiger partial charge >= 0.3 is 17.1 Å². The standard InChI is InChI=1S/C10H9ClN2S.C10H16O4/c11-9-4-2-1-3-8(9)7-13-5-6-14-10(13)12;1-9(2)6(7(11)12)4-5-10(9,3)8(13)14/h1-6,12H,7H2;6H,4-5H2,1-3H3,(H,11,12)(H,13,14)/p+1. The fourth-order valence-corrected chi connectivity index (χ4v) is 4.37. The van der Waals surface area contributed by atoms with Crippen LogP contribution in [0.1, 0.15) is 39.2 Å². The Morgan fingerprint density at radius 3 is 2.36 bits per heavy atom. The minimum atomic E-state index is -0.921. The van der Waals surface area contributed by atoms with E-state index in [0.717, 1.165) is 22.3 Å². The van der Waals surface area contributed by atoms with Gasteiger partial charge in [-0.25, -0.2) is 4.57 Å². The van der Waals surface area contributed by atoms with Crippen LogP contribution in [0.15, 0.2) is 35.8 Å². The van der Waals surface area contributed by atoms with Crippen LogP contribution in [0.5, 0.6) is 0 Å². The second kappa shape index (κ2) is 8.49. The van der Waals surface area contributed by atoms with E-state index in [1.54, 1.807) is 20.8 Å². The van der Waals surface area contributed by atoms with Crippen LogP contribution < -0.4 is 10.3 Å². The number of nitrogen functional groups attached to an aromatic ring is 1. The number of thiazole rings is 1. The summed E-state index contributed by atoms with van der Waals surface area (Å²) >= 11 is 7.57. The summed E-state index contributed by atoms with van der Waals surface area (Å²) in [5.41, 5.74) is 5.25. The van der Waals surface area contributed by atoms with E-state index in [1.807, 2.05) is 40.4 Å². The number of anilines is 1. The van der Waals surface area contributed by atoms with Crippen LogP contribution in [-0.2, 0) is 16.1 Å². The molecule has 1 fully saturated rings. The predicted octanol–water partition coefficient (Wildman–Crippen LogP) is 3.92. The van der Waals surface area contributed by atoms with Crippen molar-refractivity contribution in [3.05, 3.63) is 46.4 Å². The zero-order chi connectivity index (χ0) is 21.1. The molecule has 4 N–H and O–H groups in total. The lowest BCUT2D eigenvalue weighted by Crippen LogP contribution is -2.42. The van der Waals surface area contributed by atoms with Crippen molar-refractivity contribution < 1.29 is 24.4 Å². The molecule has 1 heterocycles. The Morgan fingerprint density at radius 1 is 1.29 bits per heavy atom. The first-order valence-electron chi connectivity index (χ1n) is 8.92. The second-order valence-corrected chi connectivity index (χ2v) is 9.08. The van der Waals surface area contributed by atoms with Crippen molar-refractivity contribution in [2.45, 2.75) is 40.2 Å². The van der Waals surface area contributed by atoms with Crippen LogP contribution in [-0.4, -0.2) is 22.2 Å². The molecule has 2 unspecified atom stereocenters. The van der Waals surface area contributed by atoms with Crippen molar-refractivity contribution in [2.75, 3.05) is 5.73 Å². The molecule has 2 atom stereocenters. The first-order chi connectivity index (χ1) is 13.0. The van der Waals surface area contributed by atoms with E-state index in [2.05, 4.69) is 0 Å². The van der Waals surface area contributed by atoms with Gasteiger partial charge in [0.2, 0.25) is 0 Å². The molecule has 2 aromatic rings. The van der Waals surface area contributed by atoms with Gasteiger partial charge in [0.15, 0.2) is 0 Å². The molecule has 0 bridgehead atoms. The molecular formula is C20H26ClN2O4S+. The number of carbonyl (C=O) groups is 2. The van der Waals surface area contributed by atoms with E-state index >= 15 is 0 Å². The van der Waals surface area contributed by atoms with Crippen molar-refractivity contribution in [2.24, 2.45) is 16.7 Å². The Bertz CT molecular complexity index is 867. The number of nitrogens with zero attached hydrogens (tertiary/aromatic N) is 1. The largest absolute Gasteiger partial charge is 0.481 e. The normalized spacial score (nSPS) is 22.9. The average molecular weight is 426 g/mol. The number of carboxylic acid groups (broad SMARTS) is 2. The van der Waals surface area contributed by atoms with Crippen LogP contribution in [0.4, 0.5) is 5.13 Å². The number of hydrogen-bond acceptors (Lipinski definition) is 4. The van der Waals surface area contributed by atoms with Crippen LogP contribution >= 0.6 is 22.9 Å². The second-order valence-electron chi connectivity index (χ2n) is 7.75. The van der Waals surface area contributed by atoms with Crippen molar-refractivity contribution in [1.82, 2.24) is 0 Å². The SMILES string of the molecule is CC1(C(=O)O)CCC(C(=O)O)C1(C)C.Nc1scc[n+]1Cc1ccccc1Cl. The minimum Gasteiger partial charge on any atom is -0.481 e. The third-order valence-electron chi connectivity index (χ3n) is 6.01. The Morgan fingerprint density at radius 2 is 1.93 bits per heavy atom. The molecule has 0 aliphatic heterocycles. The molecule has 3 rings (SSSR count). The van der Waals surface area contributed by atoms with Gasteiger partial charge < -0.3 is 10.2 Å². The van der Waals surface area contributed by atoms with Crippen molar-refractivity contribution >= 4 is 40.0 Å². The van der Waals surface area contributed by atoms with E-state index in [4.69, 9.17) is 27.5 Å². The van der Waals surface area contributed by atoms with Crippen molar-refractivity contribution in [1.29, 1.82) is 0 Å². The third kappa shape index (κ3) is 4.31. The highest BCUT2D eigenvalue weighted by molar-refractivity contribution is 7.12. The van der Waals surface area contributed by atoms with E-state index in [0.29, 0.717) is 12.8 Å². The number of carboxylic acids is 2. The molecule has 8 heteroatoms. The highest BCUT2D eigenvalue weighted by atomic mass is 35.5. The Balaban J connectivity index is 0.000000200. The molecule has 1 aromatic heterocycles. The summed E-state index contributed by atoms with van der Waals surface area (Å²) in [5.74, 6) is -2.34. The van der Waals surface area contributed by atoms with Crippen molar-refractivity contribution in [3.63, 3.8) is 0 Å². The van der Waals surface area contributed by atoms with Gasteiger partial charge in [0.1, 0.15) is 12.7 Å². The topological polar surface area (TPSA) is 104 Å². The molecule has 0 spiro atoms. The maximum atomic E-state index is 11.1. The van der Waals surface area contributed by atoms with Crippen LogP contribution in [0.25, 0.3) is 0 Å². The summed E-state index contributed by atoms with van der Waals surface area (Å²) in [6.07, 6.45) is 2.85. The van der Waals surface area contributed by atoms with E-state index < -0.39 is 28.7 Å². The number of aromatic nitrogens is 1. The third-order valence-corrected chi connectivity index (χ3v) is 7.11. The number of rotatable bonds is 4. The summed E-state index contributed by atoms with van der Waals surface area (Å²) < 4.78 is 1.98. The first-order valence-corrected chi connectivity index (χ1v) is 10.2. The van der Waals surface area contributed by atoms with Gasteiger partial charge in [-0.1, -0.05) is 55.0 Å². The average Bonchev–Trinajstić information content (AvgIpc) is 3.12. The Kier molecular flexibility index (Phi) is 6.72. The molecular weight excluding hydrogens is 400 g/mol. The van der Waals surface area contributed by atoms with Crippen LogP contribution in [0.2, 0.25) is 5.02 Å². The highest BCUT2D eigenvalue weighted by Gasteiger charge is 2.58. The molecule has 6 nitrogen and oxygen atoms in total. The van der Waals surface area contributed by atoms with Gasteiger partial charge in [-0.3, -0.25) is 15.3 Å². The van der Waals surface area contributed by atoms with E-state index in [-0.39, 0.29) is 0 Å². The van der Waals surface area contributed by atoms with Crippen LogP contribution in [0.3, 0.4) is 0 Å². The molecule has 1 aliphatic carbocycles. The molecule has 0 saturated heterocycles. The molecule has 1 aliphatic rings. The lowest BCUT2D eigenvalue weighted by molar-refractivity contribution is -0.669. The Labute approximate surface area is 173 Å². The molecule has 0 amide bonds. The zero-order valence-electron chi connectivity index (χ0n) is 16.2. The summed E-state index contributed by atoms with van der Waals surface area (Å²) in [4.78, 5) is 22.0. The van der Waals surface area contributed by atoms with Gasteiger partial charge in [0.05, 0.1) is 11.3 Å². The molecule has 152 valence electrons. The summed E-state index contributed by atoms with van der Waals surface area (Å²) in [7, 11) is 0. The first kappa shape index (κ1) is 22.2. The van der Waals surface area contributed by atoms with E-state index in [1.165, 1.54) is 11.3 Å². The lowest BCUT2D eigenvalue weighted by Gasteiger charge is -2.36. The maximum absolute atomic E-state index is 11.1. The maximum Gasteiger partial charge on any atom is 0.331 e. The van der Waals surface area contributed by atoms with Gasteiger partial charge in [0, 0.05) is 16.0 Å². The van der Waals surface area contributed by atoms with Gasteiger partial charge in [-0.2, -0.15) is 0 Å². The fraction of sp³-hybridized carbons (Fsp3) is 0.450. The fourth-order valence-electron chi connectivity index (χ4n) is 3.57. The number of hydrogen-bond donors (Lipinski definition) is 3. The Hall–Kier alpha value is -2.12. The predicted molar refractivity (Wildman–Crippen MR) is 109 cm³/mol. The smallest absolute Gasteiger partial charge is 0.331 e. The quantitative estimate of drug-likeness (QED) is 0.644. The summed E-state index contributed by atoms with van der Waals surface area (Å²) in [5, 5.41) is 21.6. The number of nitrogens with two attached hydrogens (primary N) is 1. The number of halogens is 1. The minimum absolute atomic E-state index is 0.437. The van der Waals surface area contributed by atoms with Gasteiger partial charge in [-0.05, 0) is 31.2 Å². The molecule has 1 saturated carbocycles. The summed E-state index contributed by atoms with van der Waals surface area (Å²) in [6, 6.07) is 7.80. The van der Waals surface area contributed by atoms with Crippen molar-refractivity contribution in [3.8, 4) is 0 Å². The monoisotopic (exact) mass is 425 g/mol. The lowest BCUT2D eigenvalue weighted by atomic mass is 9.66. The summed E-state index contributed by atoms with van der Waals surface area (Å²) in [6.45, 7) is 5.83. The highest BCUT2D eigenvalue weighted by Crippen LogP contribution is 2.56. The number of aliphatic carboxylic acids is 2. The van der Waals surface area contributed by atoms with Gasteiger partial charge in [-0.15, -0.1) is 0 Å². The number of benzene rings is 1. The molecule has 1 aromatic carbocycles. The van der Waals surface area contributed by atoms with Crippen LogP contribution in [0, 0.1) is 16.7 Å². The van der Waals surface area contributed by atoms with Gasteiger partial charge in [0.25, 0.3) is 0 Å².